The zero-order chi connectivity index (χ0) is 23.1. The molecule has 0 aromatic heterocycles. The monoisotopic (exact) mass is 464 g/mol. The van der Waals surface area contributed by atoms with Gasteiger partial charge in [-0.3, -0.25) is 4.79 Å². The average Bonchev–Trinajstić information content (AvgIpc) is 3.35. The largest absolute Gasteiger partial charge is 0.461 e. The molecule has 0 fully saturated rings. The van der Waals surface area contributed by atoms with Gasteiger partial charge in [0, 0.05) is 22.6 Å². The van der Waals surface area contributed by atoms with E-state index in [4.69, 9.17) is 21.4 Å². The van der Waals surface area contributed by atoms with E-state index >= 15 is 0 Å². The highest BCUT2D eigenvalue weighted by molar-refractivity contribution is 6.30. The van der Waals surface area contributed by atoms with E-state index in [9.17, 15) is 4.79 Å². The maximum Gasteiger partial charge on any atom is 0.251 e. The number of carbonyl (C=O) groups excluding carboxylic acids is 1. The smallest absolute Gasteiger partial charge is 0.251 e. The third-order valence-corrected chi connectivity index (χ3v) is 6.63. The van der Waals surface area contributed by atoms with Crippen LogP contribution in [0.4, 0.5) is 0 Å². The fraction of sp³-hybridized carbons (Fsp3) is 0.103. The fourth-order valence-electron chi connectivity index (χ4n) is 4.62. The number of hydrogen-bond donors (Lipinski definition) is 0. The topological polar surface area (TPSA) is 41.9 Å². The Labute approximate surface area is 203 Å². The summed E-state index contributed by atoms with van der Waals surface area (Å²) in [7, 11) is 0. The Bertz CT molecular complexity index is 1380. The van der Waals surface area contributed by atoms with Crippen molar-refractivity contribution in [2.45, 2.75) is 18.7 Å². The summed E-state index contributed by atoms with van der Waals surface area (Å²) in [5.74, 6) is 0.621. The molecular weight excluding hydrogens is 444 g/mol. The van der Waals surface area contributed by atoms with Crippen LogP contribution < -0.4 is 4.74 Å². The van der Waals surface area contributed by atoms with Crippen molar-refractivity contribution >= 4 is 23.1 Å². The SMILES string of the molecule is O=C(c1ccc(-c2ccccc2)cc1)[C@@H]1Oc2ccccc2[C@H]2CC(c3ccc(Cl)cc3)=NN21. The van der Waals surface area contributed by atoms with Crippen molar-refractivity contribution in [3.05, 3.63) is 125 Å². The fourth-order valence-corrected chi connectivity index (χ4v) is 4.75. The molecule has 0 saturated heterocycles. The lowest BCUT2D eigenvalue weighted by molar-refractivity contribution is -0.00455. The first-order chi connectivity index (χ1) is 16.7. The normalized spacial score (nSPS) is 18.5. The molecule has 0 radical (unpaired) electrons. The first-order valence-electron chi connectivity index (χ1n) is 11.2. The van der Waals surface area contributed by atoms with Gasteiger partial charge in [0.05, 0.1) is 11.8 Å². The number of para-hydroxylation sites is 1. The van der Waals surface area contributed by atoms with Gasteiger partial charge >= 0.3 is 0 Å². The van der Waals surface area contributed by atoms with Crippen LogP contribution in [0.3, 0.4) is 0 Å². The van der Waals surface area contributed by atoms with Crippen molar-refractivity contribution in [1.82, 2.24) is 5.01 Å². The van der Waals surface area contributed by atoms with Gasteiger partial charge in [0.2, 0.25) is 5.78 Å². The van der Waals surface area contributed by atoms with Crippen molar-refractivity contribution in [3.63, 3.8) is 0 Å². The molecule has 4 aromatic rings. The second kappa shape index (κ2) is 8.47. The Hall–Kier alpha value is -3.89. The number of halogens is 1. The van der Waals surface area contributed by atoms with E-state index < -0.39 is 6.23 Å². The molecule has 0 spiro atoms. The van der Waals surface area contributed by atoms with Crippen LogP contribution in [0.25, 0.3) is 11.1 Å². The molecule has 0 aliphatic carbocycles. The van der Waals surface area contributed by atoms with Gasteiger partial charge in [-0.2, -0.15) is 5.10 Å². The summed E-state index contributed by atoms with van der Waals surface area (Å²) in [5, 5.41) is 7.36. The minimum atomic E-state index is -0.827. The molecular formula is C29H21ClN2O2. The highest BCUT2D eigenvalue weighted by Gasteiger charge is 2.43. The van der Waals surface area contributed by atoms with Gasteiger partial charge in [-0.25, -0.2) is 5.01 Å². The molecule has 0 unspecified atom stereocenters. The molecule has 0 saturated carbocycles. The Morgan fingerprint density at radius 2 is 1.44 bits per heavy atom. The number of Topliss-reactive ketones (excluding diaryl/α,β-unsaturated/α-hetero) is 1. The maximum atomic E-state index is 13.6. The number of hydrazone groups is 1. The molecule has 2 atom stereocenters. The number of carbonyl (C=O) groups is 1. The van der Waals surface area contributed by atoms with Gasteiger partial charge in [0.25, 0.3) is 6.23 Å². The van der Waals surface area contributed by atoms with E-state index in [2.05, 4.69) is 12.1 Å². The molecule has 34 heavy (non-hydrogen) atoms. The standard InChI is InChI=1S/C29H21ClN2O2/c30-23-16-14-21(15-17-23)25-18-26-24-8-4-5-9-27(24)34-29(32(26)31-25)28(33)22-12-10-20(11-13-22)19-6-2-1-3-7-19/h1-17,26,29H,18H2/t26-,29+/m1/s1. The molecule has 4 aromatic carbocycles. The predicted molar refractivity (Wildman–Crippen MR) is 134 cm³/mol. The van der Waals surface area contributed by atoms with Crippen LogP contribution in [-0.2, 0) is 0 Å². The highest BCUT2D eigenvalue weighted by Crippen LogP contribution is 2.43. The van der Waals surface area contributed by atoms with Crippen LogP contribution in [0.15, 0.2) is 108 Å². The lowest BCUT2D eigenvalue weighted by Gasteiger charge is -2.37. The second-order valence-corrected chi connectivity index (χ2v) is 8.91. The van der Waals surface area contributed by atoms with E-state index in [0.29, 0.717) is 17.0 Å². The van der Waals surface area contributed by atoms with Gasteiger partial charge in [0.15, 0.2) is 0 Å². The van der Waals surface area contributed by atoms with Gasteiger partial charge < -0.3 is 4.74 Å². The summed E-state index contributed by atoms with van der Waals surface area (Å²) in [6, 6.07) is 33.3. The summed E-state index contributed by atoms with van der Waals surface area (Å²) in [6.45, 7) is 0. The van der Waals surface area contributed by atoms with Crippen LogP contribution >= 0.6 is 11.6 Å². The molecule has 166 valence electrons. The van der Waals surface area contributed by atoms with Gasteiger partial charge in [-0.15, -0.1) is 0 Å². The maximum absolute atomic E-state index is 13.6. The van der Waals surface area contributed by atoms with E-state index in [-0.39, 0.29) is 11.8 Å². The predicted octanol–water partition coefficient (Wildman–Crippen LogP) is 6.76. The second-order valence-electron chi connectivity index (χ2n) is 8.47. The van der Waals surface area contributed by atoms with E-state index in [1.165, 1.54) is 0 Å². The number of benzene rings is 4. The molecule has 6 rings (SSSR count). The number of rotatable bonds is 4. The number of ether oxygens (including phenoxy) is 1. The van der Waals surface area contributed by atoms with Gasteiger partial charge in [-0.1, -0.05) is 96.5 Å². The van der Waals surface area contributed by atoms with Crippen LogP contribution in [0.2, 0.25) is 5.02 Å². The summed E-state index contributed by atoms with van der Waals surface area (Å²) in [4.78, 5) is 13.6. The molecule has 5 heteroatoms. The third-order valence-electron chi connectivity index (χ3n) is 6.38. The molecule has 0 amide bonds. The quantitative estimate of drug-likeness (QED) is 0.313. The number of hydrogen-bond acceptors (Lipinski definition) is 4. The Morgan fingerprint density at radius 3 is 2.21 bits per heavy atom. The highest BCUT2D eigenvalue weighted by atomic mass is 35.5. The summed E-state index contributed by atoms with van der Waals surface area (Å²) >= 11 is 6.08. The van der Waals surface area contributed by atoms with Crippen molar-refractivity contribution in [3.8, 4) is 16.9 Å². The average molecular weight is 465 g/mol. The minimum Gasteiger partial charge on any atom is -0.461 e. The van der Waals surface area contributed by atoms with E-state index in [1.54, 1.807) is 0 Å². The molecule has 0 N–H and O–H groups in total. The molecule has 4 nitrogen and oxygen atoms in total. The minimum absolute atomic E-state index is 0.0619. The molecule has 0 bridgehead atoms. The van der Waals surface area contributed by atoms with E-state index in [0.717, 1.165) is 33.7 Å². The number of fused-ring (bicyclic) bond motifs is 3. The van der Waals surface area contributed by atoms with Crippen LogP contribution in [0, 0.1) is 0 Å². The summed E-state index contributed by atoms with van der Waals surface area (Å²) in [5.41, 5.74) is 5.72. The molecule has 2 heterocycles. The van der Waals surface area contributed by atoms with Gasteiger partial charge in [0.1, 0.15) is 5.75 Å². The van der Waals surface area contributed by atoms with Crippen molar-refractivity contribution < 1.29 is 9.53 Å². The zero-order valence-corrected chi connectivity index (χ0v) is 19.0. The Balaban J connectivity index is 1.34. The lowest BCUT2D eigenvalue weighted by atomic mass is 9.95. The van der Waals surface area contributed by atoms with E-state index in [1.807, 2.05) is 96.0 Å². The summed E-state index contributed by atoms with van der Waals surface area (Å²) < 4.78 is 6.23. The van der Waals surface area contributed by atoms with Crippen molar-refractivity contribution in [1.29, 1.82) is 0 Å². The van der Waals surface area contributed by atoms with Crippen molar-refractivity contribution in [2.24, 2.45) is 5.10 Å². The van der Waals surface area contributed by atoms with Gasteiger partial charge in [-0.05, 0) is 34.9 Å². The Kier molecular flexibility index (Phi) is 5.16. The van der Waals surface area contributed by atoms with Crippen molar-refractivity contribution in [2.75, 3.05) is 0 Å². The first kappa shape index (κ1) is 20.7. The first-order valence-corrected chi connectivity index (χ1v) is 11.6. The lowest BCUT2D eigenvalue weighted by Crippen LogP contribution is -2.45. The summed E-state index contributed by atoms with van der Waals surface area (Å²) in [6.07, 6.45) is -0.133. The van der Waals surface area contributed by atoms with Crippen LogP contribution in [-0.4, -0.2) is 22.7 Å². The number of nitrogens with zero attached hydrogens (tertiary/aromatic N) is 2. The third kappa shape index (κ3) is 3.66. The number of ketones is 1. The zero-order valence-electron chi connectivity index (χ0n) is 18.3. The Morgan fingerprint density at radius 1 is 0.794 bits per heavy atom. The van der Waals surface area contributed by atoms with Crippen LogP contribution in [0.5, 0.6) is 5.75 Å². The molecule has 2 aliphatic rings. The van der Waals surface area contributed by atoms with Crippen LogP contribution in [0.1, 0.15) is 33.9 Å². The molecule has 2 aliphatic heterocycles.